The quantitative estimate of drug-likeness (QED) is 0.744. The van der Waals surface area contributed by atoms with Crippen LogP contribution < -0.4 is 10.4 Å². The molecular formula is C23H27NO5. The summed E-state index contributed by atoms with van der Waals surface area (Å²) in [5.41, 5.74) is 2.25. The Kier molecular flexibility index (Phi) is 4.62. The lowest BCUT2D eigenvalue weighted by molar-refractivity contribution is -0.178. The molecule has 3 heterocycles. The van der Waals surface area contributed by atoms with Crippen LogP contribution in [0.4, 0.5) is 0 Å². The molecule has 29 heavy (non-hydrogen) atoms. The average molecular weight is 397 g/mol. The van der Waals surface area contributed by atoms with Crippen LogP contribution in [-0.2, 0) is 22.4 Å². The van der Waals surface area contributed by atoms with E-state index in [1.165, 1.54) is 0 Å². The lowest BCUT2D eigenvalue weighted by atomic mass is 9.84. The summed E-state index contributed by atoms with van der Waals surface area (Å²) < 4.78 is 17.2. The summed E-state index contributed by atoms with van der Waals surface area (Å²) in [6.07, 6.45) is 6.15. The monoisotopic (exact) mass is 397 g/mol. The molecule has 154 valence electrons. The summed E-state index contributed by atoms with van der Waals surface area (Å²) in [5.74, 6) is 0.541. The van der Waals surface area contributed by atoms with Gasteiger partial charge >= 0.3 is 5.63 Å². The minimum absolute atomic E-state index is 0.00818. The Bertz CT molecular complexity index is 996. The van der Waals surface area contributed by atoms with E-state index in [-0.39, 0.29) is 17.1 Å². The third-order valence-electron chi connectivity index (χ3n) is 6.81. The van der Waals surface area contributed by atoms with Crippen LogP contribution in [0.2, 0.25) is 0 Å². The molecule has 0 saturated carbocycles. The summed E-state index contributed by atoms with van der Waals surface area (Å²) in [6.45, 7) is 4.05. The molecule has 2 aromatic rings. The molecule has 0 N–H and O–H groups in total. The van der Waals surface area contributed by atoms with E-state index in [1.807, 2.05) is 17.0 Å². The van der Waals surface area contributed by atoms with Gasteiger partial charge in [-0.2, -0.15) is 0 Å². The Labute approximate surface area is 169 Å². The maximum absolute atomic E-state index is 12.8. The van der Waals surface area contributed by atoms with Gasteiger partial charge in [-0.25, -0.2) is 4.79 Å². The third kappa shape index (κ3) is 3.33. The fraction of sp³-hybridized carbons (Fsp3) is 0.565. The van der Waals surface area contributed by atoms with Crippen molar-refractivity contribution < 1.29 is 18.7 Å². The number of aryl methyl sites for hydroxylation is 1. The molecule has 1 unspecified atom stereocenters. The van der Waals surface area contributed by atoms with Gasteiger partial charge in [0.1, 0.15) is 11.3 Å². The van der Waals surface area contributed by atoms with E-state index in [0.29, 0.717) is 24.4 Å². The Morgan fingerprint density at radius 2 is 1.86 bits per heavy atom. The van der Waals surface area contributed by atoms with Gasteiger partial charge in [0.05, 0.1) is 12.2 Å². The summed E-state index contributed by atoms with van der Waals surface area (Å²) in [6, 6.07) is 5.56. The molecule has 6 nitrogen and oxygen atoms in total. The first-order valence-electron chi connectivity index (χ1n) is 10.7. The predicted octanol–water partition coefficient (Wildman–Crippen LogP) is 3.22. The maximum atomic E-state index is 12.8. The molecule has 3 aliphatic rings. The average Bonchev–Trinajstić information content (AvgIpc) is 2.72. The van der Waals surface area contributed by atoms with Gasteiger partial charge in [0.15, 0.2) is 6.10 Å². The van der Waals surface area contributed by atoms with Crippen molar-refractivity contribution in [2.24, 2.45) is 0 Å². The van der Waals surface area contributed by atoms with Crippen LogP contribution in [0, 0.1) is 0 Å². The lowest BCUT2D eigenvalue weighted by Gasteiger charge is -2.47. The SMILES string of the molecule is CC(Oc1ccc2c3c(c(=O)oc2c1)CCCC3)C(=O)N1CCC2(CCO2)CC1. The molecule has 1 spiro atoms. The number of rotatable bonds is 3. The molecular weight excluding hydrogens is 370 g/mol. The minimum Gasteiger partial charge on any atom is -0.481 e. The highest BCUT2D eigenvalue weighted by Gasteiger charge is 2.42. The van der Waals surface area contributed by atoms with Crippen molar-refractivity contribution in [3.05, 3.63) is 39.7 Å². The van der Waals surface area contributed by atoms with Crippen molar-refractivity contribution in [1.29, 1.82) is 0 Å². The second-order valence-electron chi connectivity index (χ2n) is 8.58. The van der Waals surface area contributed by atoms with Gasteiger partial charge < -0.3 is 18.8 Å². The van der Waals surface area contributed by atoms with Crippen LogP contribution in [0.15, 0.2) is 27.4 Å². The number of amides is 1. The Balaban J connectivity index is 1.31. The first-order valence-corrected chi connectivity index (χ1v) is 10.7. The summed E-state index contributed by atoms with van der Waals surface area (Å²) >= 11 is 0. The van der Waals surface area contributed by atoms with Crippen LogP contribution in [0.3, 0.4) is 0 Å². The van der Waals surface area contributed by atoms with Crippen molar-refractivity contribution in [1.82, 2.24) is 4.90 Å². The number of ether oxygens (including phenoxy) is 2. The van der Waals surface area contributed by atoms with E-state index < -0.39 is 6.10 Å². The number of likely N-dealkylation sites (tertiary alicyclic amines) is 1. The fourth-order valence-electron chi connectivity index (χ4n) is 4.93. The standard InChI is InChI=1S/C23H27NO5/c1-15(21(25)24-11-8-23(9-12-24)10-13-27-23)28-16-6-7-18-17-4-2-3-5-19(17)22(26)29-20(18)14-16/h6-7,14-15H,2-5,8-13H2,1H3. The topological polar surface area (TPSA) is 69.0 Å². The molecule has 1 atom stereocenters. The highest BCUT2D eigenvalue weighted by Crippen LogP contribution is 2.37. The van der Waals surface area contributed by atoms with E-state index in [4.69, 9.17) is 13.9 Å². The Morgan fingerprint density at radius 1 is 1.14 bits per heavy atom. The van der Waals surface area contributed by atoms with Crippen molar-refractivity contribution in [3.63, 3.8) is 0 Å². The van der Waals surface area contributed by atoms with E-state index in [0.717, 1.165) is 68.1 Å². The Morgan fingerprint density at radius 3 is 2.55 bits per heavy atom. The van der Waals surface area contributed by atoms with Gasteiger partial charge in [-0.05, 0) is 69.6 Å². The van der Waals surface area contributed by atoms with Gasteiger partial charge in [0.2, 0.25) is 0 Å². The first kappa shape index (κ1) is 18.7. The number of carbonyl (C=O) groups excluding carboxylic acids is 1. The van der Waals surface area contributed by atoms with E-state index in [9.17, 15) is 9.59 Å². The number of piperidine rings is 1. The second-order valence-corrected chi connectivity index (χ2v) is 8.58. The van der Waals surface area contributed by atoms with Gasteiger partial charge in [0, 0.05) is 30.1 Å². The third-order valence-corrected chi connectivity index (χ3v) is 6.81. The minimum atomic E-state index is -0.590. The normalized spacial score (nSPS) is 21.5. The lowest BCUT2D eigenvalue weighted by Crippen LogP contribution is -2.55. The highest BCUT2D eigenvalue weighted by molar-refractivity contribution is 5.84. The van der Waals surface area contributed by atoms with Gasteiger partial charge in [-0.15, -0.1) is 0 Å². The number of nitrogens with zero attached hydrogens (tertiary/aromatic N) is 1. The molecule has 1 aromatic heterocycles. The van der Waals surface area contributed by atoms with Crippen molar-refractivity contribution in [2.75, 3.05) is 19.7 Å². The number of fused-ring (bicyclic) bond motifs is 3. The highest BCUT2D eigenvalue weighted by atomic mass is 16.5. The molecule has 1 aromatic carbocycles. The van der Waals surface area contributed by atoms with Crippen LogP contribution in [0.25, 0.3) is 11.0 Å². The van der Waals surface area contributed by atoms with E-state index in [1.54, 1.807) is 13.0 Å². The van der Waals surface area contributed by atoms with Crippen LogP contribution >= 0.6 is 0 Å². The first-order chi connectivity index (χ1) is 14.0. The molecule has 6 heteroatoms. The summed E-state index contributed by atoms with van der Waals surface area (Å²) in [7, 11) is 0. The van der Waals surface area contributed by atoms with Crippen molar-refractivity contribution >= 4 is 16.9 Å². The number of hydrogen-bond donors (Lipinski definition) is 0. The molecule has 1 aliphatic carbocycles. The zero-order valence-corrected chi connectivity index (χ0v) is 16.9. The fourth-order valence-corrected chi connectivity index (χ4v) is 4.93. The molecule has 0 bridgehead atoms. The smallest absolute Gasteiger partial charge is 0.339 e. The van der Waals surface area contributed by atoms with Crippen molar-refractivity contribution in [3.8, 4) is 5.75 Å². The second kappa shape index (κ2) is 7.17. The molecule has 2 saturated heterocycles. The summed E-state index contributed by atoms with van der Waals surface area (Å²) in [4.78, 5) is 27.0. The van der Waals surface area contributed by atoms with Crippen LogP contribution in [-0.4, -0.2) is 42.2 Å². The van der Waals surface area contributed by atoms with Crippen LogP contribution in [0.5, 0.6) is 5.75 Å². The summed E-state index contributed by atoms with van der Waals surface area (Å²) in [5, 5.41) is 0.979. The number of benzene rings is 1. The molecule has 5 rings (SSSR count). The van der Waals surface area contributed by atoms with Crippen molar-refractivity contribution in [2.45, 2.75) is 63.6 Å². The van der Waals surface area contributed by atoms with E-state index in [2.05, 4.69) is 0 Å². The molecule has 1 amide bonds. The number of carbonyl (C=O) groups is 1. The van der Waals surface area contributed by atoms with E-state index >= 15 is 0 Å². The van der Waals surface area contributed by atoms with Gasteiger partial charge in [0.25, 0.3) is 5.91 Å². The zero-order valence-electron chi connectivity index (χ0n) is 16.9. The van der Waals surface area contributed by atoms with Gasteiger partial charge in [-0.3, -0.25) is 4.79 Å². The predicted molar refractivity (Wildman–Crippen MR) is 108 cm³/mol. The molecule has 0 radical (unpaired) electrons. The maximum Gasteiger partial charge on any atom is 0.339 e. The largest absolute Gasteiger partial charge is 0.481 e. The molecule has 2 aliphatic heterocycles. The molecule has 2 fully saturated rings. The number of hydrogen-bond acceptors (Lipinski definition) is 5. The van der Waals surface area contributed by atoms with Gasteiger partial charge in [-0.1, -0.05) is 0 Å². The van der Waals surface area contributed by atoms with Crippen LogP contribution in [0.1, 0.15) is 50.2 Å². The zero-order chi connectivity index (χ0) is 20.0. The Hall–Kier alpha value is -2.34.